The fourth-order valence-electron chi connectivity index (χ4n) is 3.32. The van der Waals surface area contributed by atoms with E-state index in [0.717, 1.165) is 32.3 Å². The van der Waals surface area contributed by atoms with Crippen LogP contribution >= 0.6 is 24.0 Å². The first-order valence-corrected chi connectivity index (χ1v) is 8.41. The van der Waals surface area contributed by atoms with Gasteiger partial charge >= 0.3 is 0 Å². The van der Waals surface area contributed by atoms with E-state index in [-0.39, 0.29) is 24.0 Å². The zero-order valence-corrected chi connectivity index (χ0v) is 16.7. The maximum atomic E-state index is 5.45. The Morgan fingerprint density at radius 2 is 2.14 bits per heavy atom. The van der Waals surface area contributed by atoms with Gasteiger partial charge in [0.1, 0.15) is 0 Å². The summed E-state index contributed by atoms with van der Waals surface area (Å²) in [5.74, 6) is 2.31. The van der Waals surface area contributed by atoms with Gasteiger partial charge in [0.15, 0.2) is 5.96 Å². The molecule has 0 amide bonds. The van der Waals surface area contributed by atoms with Gasteiger partial charge in [-0.25, -0.2) is 0 Å². The van der Waals surface area contributed by atoms with Crippen LogP contribution in [0, 0.1) is 11.8 Å². The minimum Gasteiger partial charge on any atom is -0.381 e. The van der Waals surface area contributed by atoms with Crippen molar-refractivity contribution in [3.63, 3.8) is 0 Å². The number of guanidine groups is 1. The Morgan fingerprint density at radius 3 is 2.73 bits per heavy atom. The van der Waals surface area contributed by atoms with Crippen molar-refractivity contribution in [2.45, 2.75) is 26.2 Å². The summed E-state index contributed by atoms with van der Waals surface area (Å²) in [4.78, 5) is 9.23. The van der Waals surface area contributed by atoms with Crippen molar-refractivity contribution in [2.24, 2.45) is 16.8 Å². The molecule has 2 atom stereocenters. The van der Waals surface area contributed by atoms with Crippen molar-refractivity contribution in [1.82, 2.24) is 15.1 Å². The maximum Gasteiger partial charge on any atom is 0.193 e. The number of hydrogen-bond acceptors (Lipinski definition) is 3. The van der Waals surface area contributed by atoms with Crippen LogP contribution < -0.4 is 5.32 Å². The fourth-order valence-corrected chi connectivity index (χ4v) is 3.32. The molecule has 0 saturated carbocycles. The number of halogens is 1. The van der Waals surface area contributed by atoms with E-state index in [1.54, 1.807) is 0 Å². The molecule has 2 saturated heterocycles. The smallest absolute Gasteiger partial charge is 0.193 e. The zero-order valence-electron chi connectivity index (χ0n) is 14.4. The second-order valence-corrected chi connectivity index (χ2v) is 6.65. The Morgan fingerprint density at radius 1 is 1.41 bits per heavy atom. The molecule has 0 spiro atoms. The Balaban J connectivity index is 0.00000242. The highest BCUT2D eigenvalue weighted by molar-refractivity contribution is 14.0. The van der Waals surface area contributed by atoms with Gasteiger partial charge in [0.25, 0.3) is 0 Å². The van der Waals surface area contributed by atoms with Gasteiger partial charge in [0.2, 0.25) is 0 Å². The average molecular weight is 424 g/mol. The van der Waals surface area contributed by atoms with Crippen LogP contribution in [0.25, 0.3) is 0 Å². The molecule has 0 radical (unpaired) electrons. The summed E-state index contributed by atoms with van der Waals surface area (Å²) in [5, 5.41) is 3.53. The second kappa shape index (κ2) is 10.6. The molecule has 0 aromatic rings. The van der Waals surface area contributed by atoms with E-state index in [1.807, 2.05) is 7.05 Å². The lowest BCUT2D eigenvalue weighted by Crippen LogP contribution is -2.44. The quantitative estimate of drug-likeness (QED) is 0.402. The standard InChI is InChI=1S/C16H32N4O.HI/c1-14(11-20-7-4-5-8-20)10-18-16(17-2)19(3)12-15-6-9-21-13-15;/h14-15H,4-13H2,1-3H3,(H,17,18);1H. The van der Waals surface area contributed by atoms with Crippen LogP contribution in [0.15, 0.2) is 4.99 Å². The number of aliphatic imine (C=N–C) groups is 1. The molecule has 130 valence electrons. The first kappa shape index (κ1) is 20.0. The number of hydrogen-bond donors (Lipinski definition) is 1. The molecule has 5 nitrogen and oxygen atoms in total. The van der Waals surface area contributed by atoms with Crippen LogP contribution in [0.5, 0.6) is 0 Å². The Hall–Kier alpha value is -0.0800. The van der Waals surface area contributed by atoms with E-state index in [2.05, 4.69) is 34.1 Å². The topological polar surface area (TPSA) is 40.1 Å². The molecule has 1 N–H and O–H groups in total. The lowest BCUT2D eigenvalue weighted by atomic mass is 10.1. The van der Waals surface area contributed by atoms with E-state index in [0.29, 0.717) is 11.8 Å². The summed E-state index contributed by atoms with van der Waals surface area (Å²) >= 11 is 0. The molecule has 2 aliphatic rings. The summed E-state index contributed by atoms with van der Waals surface area (Å²) in [6.07, 6.45) is 3.91. The van der Waals surface area contributed by atoms with Crippen molar-refractivity contribution < 1.29 is 4.74 Å². The molecule has 2 rings (SSSR count). The van der Waals surface area contributed by atoms with Crippen molar-refractivity contribution in [3.8, 4) is 0 Å². The molecular weight excluding hydrogens is 391 g/mol. The SMILES string of the molecule is CN=C(NCC(C)CN1CCCC1)N(C)CC1CCOC1.I. The molecule has 0 bridgehead atoms. The van der Waals surface area contributed by atoms with Gasteiger partial charge in [-0.05, 0) is 38.3 Å². The van der Waals surface area contributed by atoms with Gasteiger partial charge in [-0.15, -0.1) is 24.0 Å². The van der Waals surface area contributed by atoms with Gasteiger partial charge in [-0.1, -0.05) is 6.92 Å². The van der Waals surface area contributed by atoms with Crippen LogP contribution in [-0.4, -0.2) is 75.8 Å². The number of rotatable bonds is 6. The van der Waals surface area contributed by atoms with Crippen LogP contribution in [0.3, 0.4) is 0 Å². The molecule has 6 heteroatoms. The monoisotopic (exact) mass is 424 g/mol. The average Bonchev–Trinajstić information content (AvgIpc) is 3.13. The minimum absolute atomic E-state index is 0. The predicted molar refractivity (Wildman–Crippen MR) is 103 cm³/mol. The molecule has 2 fully saturated rings. The summed E-state index contributed by atoms with van der Waals surface area (Å²) in [7, 11) is 3.99. The van der Waals surface area contributed by atoms with E-state index in [9.17, 15) is 0 Å². The first-order valence-electron chi connectivity index (χ1n) is 8.41. The maximum absolute atomic E-state index is 5.45. The van der Waals surface area contributed by atoms with Crippen LogP contribution in [0.4, 0.5) is 0 Å². The summed E-state index contributed by atoms with van der Waals surface area (Å²) < 4.78 is 5.45. The molecule has 2 unspecified atom stereocenters. The number of ether oxygens (including phenoxy) is 1. The summed E-state index contributed by atoms with van der Waals surface area (Å²) in [5.41, 5.74) is 0. The molecular formula is C16H33IN4O. The van der Waals surface area contributed by atoms with Crippen LogP contribution in [0.2, 0.25) is 0 Å². The van der Waals surface area contributed by atoms with E-state index in [4.69, 9.17) is 4.74 Å². The molecule has 22 heavy (non-hydrogen) atoms. The summed E-state index contributed by atoms with van der Waals surface area (Å²) in [6, 6.07) is 0. The Kier molecular flexibility index (Phi) is 9.66. The normalized spacial score (nSPS) is 24.1. The predicted octanol–water partition coefficient (Wildman–Crippen LogP) is 1.88. The van der Waals surface area contributed by atoms with Crippen LogP contribution in [0.1, 0.15) is 26.2 Å². The molecule has 0 aromatic carbocycles. The Labute approximate surface area is 152 Å². The van der Waals surface area contributed by atoms with Crippen molar-refractivity contribution >= 4 is 29.9 Å². The largest absolute Gasteiger partial charge is 0.381 e. The molecule has 0 aromatic heterocycles. The van der Waals surface area contributed by atoms with Gasteiger partial charge < -0.3 is 19.9 Å². The van der Waals surface area contributed by atoms with E-state index < -0.39 is 0 Å². The zero-order chi connectivity index (χ0) is 15.1. The van der Waals surface area contributed by atoms with Gasteiger partial charge in [0, 0.05) is 46.3 Å². The van der Waals surface area contributed by atoms with Crippen molar-refractivity contribution in [3.05, 3.63) is 0 Å². The first-order chi connectivity index (χ1) is 10.2. The third-order valence-corrected chi connectivity index (χ3v) is 4.51. The minimum atomic E-state index is 0. The van der Waals surface area contributed by atoms with Gasteiger partial charge in [-0.2, -0.15) is 0 Å². The van der Waals surface area contributed by atoms with Gasteiger partial charge in [-0.3, -0.25) is 4.99 Å². The van der Waals surface area contributed by atoms with E-state index >= 15 is 0 Å². The number of nitrogens with zero attached hydrogens (tertiary/aromatic N) is 3. The van der Waals surface area contributed by atoms with Gasteiger partial charge in [0.05, 0.1) is 6.61 Å². The summed E-state index contributed by atoms with van der Waals surface area (Å²) in [6.45, 7) is 9.91. The lowest BCUT2D eigenvalue weighted by molar-refractivity contribution is 0.181. The molecule has 2 aliphatic heterocycles. The van der Waals surface area contributed by atoms with Crippen LogP contribution in [-0.2, 0) is 4.74 Å². The molecule has 0 aliphatic carbocycles. The lowest BCUT2D eigenvalue weighted by Gasteiger charge is -2.26. The molecule has 2 heterocycles. The third kappa shape index (κ3) is 6.58. The fraction of sp³-hybridized carbons (Fsp3) is 0.938. The number of likely N-dealkylation sites (tertiary alicyclic amines) is 1. The third-order valence-electron chi connectivity index (χ3n) is 4.51. The van der Waals surface area contributed by atoms with Crippen molar-refractivity contribution in [1.29, 1.82) is 0 Å². The highest BCUT2D eigenvalue weighted by atomic mass is 127. The van der Waals surface area contributed by atoms with E-state index in [1.165, 1.54) is 38.9 Å². The van der Waals surface area contributed by atoms with Crippen molar-refractivity contribution in [2.75, 3.05) is 60.0 Å². The highest BCUT2D eigenvalue weighted by Gasteiger charge is 2.20. The highest BCUT2D eigenvalue weighted by Crippen LogP contribution is 2.13. The Bertz CT molecular complexity index is 328. The number of nitrogens with one attached hydrogen (secondary N) is 1. The second-order valence-electron chi connectivity index (χ2n) is 6.65.